The molecule has 0 saturated heterocycles. The number of carbonyl (C=O) groups is 2. The van der Waals surface area contributed by atoms with Crippen LogP contribution in [0.3, 0.4) is 0 Å². The standard InChI is InChI=1S/C28H26N4O3/c1-16(27(33)18-5-8-20(35-4)9-6-18)14-32-15-23-21(10-12-25(29-3)26(23)28(32)34)19-7-11-24-22(13-19)17(2)30-31-24/h5-13,29H,1,14-15H2,2-4H3,(H,30,31). The molecule has 0 saturated carbocycles. The van der Waals surface area contributed by atoms with Crippen molar-refractivity contribution in [3.63, 3.8) is 0 Å². The molecule has 1 aliphatic heterocycles. The summed E-state index contributed by atoms with van der Waals surface area (Å²) in [6.45, 7) is 6.54. The number of ketones is 1. The summed E-state index contributed by atoms with van der Waals surface area (Å²) in [5, 5.41) is 11.5. The minimum atomic E-state index is -0.189. The fraction of sp³-hybridized carbons (Fsp3) is 0.179. The monoisotopic (exact) mass is 466 g/mol. The van der Waals surface area contributed by atoms with Gasteiger partial charge in [0.05, 0.1) is 18.2 Å². The van der Waals surface area contributed by atoms with Crippen LogP contribution in [0.2, 0.25) is 0 Å². The number of Topliss-reactive ketones (excluding diaryl/α,β-unsaturated/α-hetero) is 1. The van der Waals surface area contributed by atoms with Crippen molar-refractivity contribution in [1.82, 2.24) is 15.1 Å². The maximum Gasteiger partial charge on any atom is 0.256 e. The molecule has 7 nitrogen and oxygen atoms in total. The van der Waals surface area contributed by atoms with E-state index < -0.39 is 0 Å². The summed E-state index contributed by atoms with van der Waals surface area (Å²) in [5.74, 6) is 0.370. The first-order valence-corrected chi connectivity index (χ1v) is 11.4. The zero-order valence-electron chi connectivity index (χ0n) is 19.9. The Hall–Kier alpha value is -4.39. The molecule has 0 radical (unpaired) electrons. The fourth-order valence-electron chi connectivity index (χ4n) is 4.64. The summed E-state index contributed by atoms with van der Waals surface area (Å²) < 4.78 is 5.16. The second-order valence-electron chi connectivity index (χ2n) is 8.67. The van der Waals surface area contributed by atoms with E-state index >= 15 is 0 Å². The van der Waals surface area contributed by atoms with Crippen LogP contribution in [0.1, 0.15) is 32.0 Å². The number of hydrogen-bond donors (Lipinski definition) is 2. The number of methoxy groups -OCH3 is 1. The second-order valence-corrected chi connectivity index (χ2v) is 8.67. The summed E-state index contributed by atoms with van der Waals surface area (Å²) >= 11 is 0. The Balaban J connectivity index is 1.45. The highest BCUT2D eigenvalue weighted by molar-refractivity contribution is 6.10. The first kappa shape index (κ1) is 22.4. The van der Waals surface area contributed by atoms with Crippen LogP contribution in [0.15, 0.2) is 66.7 Å². The van der Waals surface area contributed by atoms with Crippen molar-refractivity contribution < 1.29 is 14.3 Å². The topological polar surface area (TPSA) is 87.3 Å². The van der Waals surface area contributed by atoms with Crippen molar-refractivity contribution in [2.45, 2.75) is 13.5 Å². The first-order valence-electron chi connectivity index (χ1n) is 11.4. The Morgan fingerprint density at radius 3 is 2.66 bits per heavy atom. The first-order chi connectivity index (χ1) is 16.9. The van der Waals surface area contributed by atoms with E-state index in [1.165, 1.54) is 0 Å². The zero-order chi connectivity index (χ0) is 24.7. The molecular weight excluding hydrogens is 440 g/mol. The smallest absolute Gasteiger partial charge is 0.256 e. The summed E-state index contributed by atoms with van der Waals surface area (Å²) in [6, 6.07) is 17.0. The maximum absolute atomic E-state index is 13.5. The van der Waals surface area contributed by atoms with Crippen LogP contribution in [0.4, 0.5) is 5.69 Å². The SMILES string of the molecule is C=C(CN1Cc2c(-c3ccc4n[nH]c(C)c4c3)ccc(NC)c2C1=O)C(=O)c1ccc(OC)cc1. The number of aromatic nitrogens is 2. The molecule has 2 N–H and O–H groups in total. The predicted molar refractivity (Wildman–Crippen MR) is 137 cm³/mol. The Morgan fingerprint density at radius 2 is 1.94 bits per heavy atom. The van der Waals surface area contributed by atoms with Crippen LogP contribution >= 0.6 is 0 Å². The maximum atomic E-state index is 13.5. The zero-order valence-corrected chi connectivity index (χ0v) is 19.9. The molecular formula is C28H26N4O3. The summed E-state index contributed by atoms with van der Waals surface area (Å²) in [7, 11) is 3.38. The van der Waals surface area contributed by atoms with Gasteiger partial charge < -0.3 is 15.0 Å². The molecule has 0 aliphatic carbocycles. The van der Waals surface area contributed by atoms with Crippen LogP contribution in [0.25, 0.3) is 22.0 Å². The highest BCUT2D eigenvalue weighted by atomic mass is 16.5. The molecule has 176 valence electrons. The van der Waals surface area contributed by atoms with Crippen LogP contribution < -0.4 is 10.1 Å². The molecule has 1 aromatic heterocycles. The third-order valence-corrected chi connectivity index (χ3v) is 6.54. The predicted octanol–water partition coefficient (Wildman–Crippen LogP) is 4.98. The number of anilines is 1. The minimum Gasteiger partial charge on any atom is -0.497 e. The Kier molecular flexibility index (Phi) is 5.61. The number of ether oxygens (including phenoxy) is 1. The van der Waals surface area contributed by atoms with Gasteiger partial charge in [-0.1, -0.05) is 18.7 Å². The van der Waals surface area contributed by atoms with Gasteiger partial charge in [0.15, 0.2) is 5.78 Å². The highest BCUT2D eigenvalue weighted by Crippen LogP contribution is 2.38. The van der Waals surface area contributed by atoms with Gasteiger partial charge in [-0.3, -0.25) is 14.7 Å². The Morgan fingerprint density at radius 1 is 1.17 bits per heavy atom. The molecule has 2 heterocycles. The van der Waals surface area contributed by atoms with E-state index in [2.05, 4.69) is 28.2 Å². The lowest BCUT2D eigenvalue weighted by Crippen LogP contribution is -2.28. The van der Waals surface area contributed by atoms with Crippen molar-refractivity contribution in [2.75, 3.05) is 26.0 Å². The van der Waals surface area contributed by atoms with Crippen LogP contribution in [0.5, 0.6) is 5.75 Å². The number of nitrogens with zero attached hydrogens (tertiary/aromatic N) is 2. The van der Waals surface area contributed by atoms with Gasteiger partial charge in [0, 0.05) is 48.0 Å². The van der Waals surface area contributed by atoms with E-state index in [0.29, 0.717) is 29.0 Å². The van der Waals surface area contributed by atoms with Crippen molar-refractivity contribution in [3.05, 3.63) is 89.1 Å². The number of rotatable bonds is 7. The Bertz CT molecular complexity index is 1480. The molecule has 4 aromatic rings. The van der Waals surface area contributed by atoms with E-state index in [0.717, 1.165) is 39.0 Å². The van der Waals surface area contributed by atoms with Crippen LogP contribution in [0, 0.1) is 6.92 Å². The molecule has 0 bridgehead atoms. The normalized spacial score (nSPS) is 12.7. The summed E-state index contributed by atoms with van der Waals surface area (Å²) in [4.78, 5) is 28.1. The average Bonchev–Trinajstić information content (AvgIpc) is 3.42. The lowest BCUT2D eigenvalue weighted by molar-refractivity contribution is 0.0789. The Labute approximate surface area is 203 Å². The largest absolute Gasteiger partial charge is 0.497 e. The van der Waals surface area contributed by atoms with Crippen molar-refractivity contribution in [1.29, 1.82) is 0 Å². The van der Waals surface area contributed by atoms with E-state index in [1.54, 1.807) is 43.3 Å². The summed E-state index contributed by atoms with van der Waals surface area (Å²) in [6.07, 6.45) is 0. The number of H-pyrrole nitrogens is 1. The van der Waals surface area contributed by atoms with Crippen molar-refractivity contribution >= 4 is 28.3 Å². The molecule has 7 heteroatoms. The minimum absolute atomic E-state index is 0.115. The molecule has 35 heavy (non-hydrogen) atoms. The van der Waals surface area contributed by atoms with E-state index in [-0.39, 0.29) is 18.2 Å². The lowest BCUT2D eigenvalue weighted by Gasteiger charge is -2.17. The number of fused-ring (bicyclic) bond motifs is 2. The van der Waals surface area contributed by atoms with Gasteiger partial charge in [-0.25, -0.2) is 0 Å². The molecule has 3 aromatic carbocycles. The van der Waals surface area contributed by atoms with E-state index in [1.807, 2.05) is 31.2 Å². The molecule has 0 unspecified atom stereocenters. The average molecular weight is 467 g/mol. The molecule has 0 spiro atoms. The molecule has 5 rings (SSSR count). The van der Waals surface area contributed by atoms with Crippen LogP contribution in [-0.4, -0.2) is 47.5 Å². The number of aromatic amines is 1. The number of hydrogen-bond acceptors (Lipinski definition) is 5. The number of benzene rings is 3. The number of carbonyl (C=O) groups excluding carboxylic acids is 2. The van der Waals surface area contributed by atoms with Gasteiger partial charge in [-0.05, 0) is 66.1 Å². The quantitative estimate of drug-likeness (QED) is 0.296. The van der Waals surface area contributed by atoms with E-state index in [4.69, 9.17) is 4.74 Å². The summed E-state index contributed by atoms with van der Waals surface area (Å²) in [5.41, 5.74) is 7.12. The third kappa shape index (κ3) is 3.85. The van der Waals surface area contributed by atoms with Crippen molar-refractivity contribution in [3.8, 4) is 16.9 Å². The number of amides is 1. The van der Waals surface area contributed by atoms with Gasteiger partial charge >= 0.3 is 0 Å². The molecule has 1 amide bonds. The molecule has 0 fully saturated rings. The lowest BCUT2D eigenvalue weighted by atomic mass is 9.94. The van der Waals surface area contributed by atoms with Gasteiger partial charge in [-0.2, -0.15) is 5.10 Å². The van der Waals surface area contributed by atoms with Gasteiger partial charge in [-0.15, -0.1) is 0 Å². The van der Waals surface area contributed by atoms with Gasteiger partial charge in [0.25, 0.3) is 5.91 Å². The highest BCUT2D eigenvalue weighted by Gasteiger charge is 2.33. The number of nitrogens with one attached hydrogen (secondary N) is 2. The molecule has 1 aliphatic rings. The fourth-order valence-corrected chi connectivity index (χ4v) is 4.64. The van der Waals surface area contributed by atoms with E-state index in [9.17, 15) is 9.59 Å². The second kappa shape index (κ2) is 8.76. The van der Waals surface area contributed by atoms with Crippen LogP contribution in [-0.2, 0) is 6.54 Å². The van der Waals surface area contributed by atoms with Crippen molar-refractivity contribution in [2.24, 2.45) is 0 Å². The van der Waals surface area contributed by atoms with Gasteiger partial charge in [0.1, 0.15) is 5.75 Å². The number of aryl methyl sites for hydroxylation is 1. The molecule has 0 atom stereocenters. The van der Waals surface area contributed by atoms with Gasteiger partial charge in [0.2, 0.25) is 0 Å². The third-order valence-electron chi connectivity index (χ3n) is 6.54.